The van der Waals surface area contributed by atoms with E-state index in [4.69, 9.17) is 14.6 Å². The molecule has 0 aliphatic heterocycles. The number of aliphatic carboxylic acids is 1. The number of carbonyl (C=O) groups is 3. The molecule has 0 aromatic heterocycles. The topological polar surface area (TPSA) is 89.9 Å². The van der Waals surface area contributed by atoms with E-state index in [1.807, 2.05) is 6.92 Å². The molecule has 0 aromatic rings. The Morgan fingerprint density at radius 1 is 1.05 bits per heavy atom. The molecule has 1 saturated carbocycles. The van der Waals surface area contributed by atoms with Crippen molar-refractivity contribution in [3.63, 3.8) is 0 Å². The number of rotatable bonds is 7. The van der Waals surface area contributed by atoms with Crippen LogP contribution in [0.25, 0.3) is 0 Å². The molecule has 1 unspecified atom stereocenters. The van der Waals surface area contributed by atoms with Crippen molar-refractivity contribution >= 4 is 17.9 Å². The van der Waals surface area contributed by atoms with Crippen molar-refractivity contribution < 1.29 is 29.0 Å². The molecule has 1 N–H and O–H groups in total. The first-order chi connectivity index (χ1) is 9.95. The van der Waals surface area contributed by atoms with Crippen LogP contribution in [0.4, 0.5) is 0 Å². The lowest BCUT2D eigenvalue weighted by molar-refractivity contribution is -0.158. The van der Waals surface area contributed by atoms with Crippen molar-refractivity contribution in [1.82, 2.24) is 0 Å². The molecular weight excluding hydrogens is 276 g/mol. The van der Waals surface area contributed by atoms with Gasteiger partial charge in [-0.05, 0) is 32.1 Å². The molecule has 1 aliphatic rings. The zero-order valence-corrected chi connectivity index (χ0v) is 12.7. The van der Waals surface area contributed by atoms with Gasteiger partial charge in [0.25, 0.3) is 0 Å². The molecule has 6 nitrogen and oxygen atoms in total. The Kier molecular flexibility index (Phi) is 7.19. The van der Waals surface area contributed by atoms with Crippen molar-refractivity contribution in [2.45, 2.75) is 46.0 Å². The molecular formula is C15H24O6. The second-order valence-electron chi connectivity index (χ2n) is 5.53. The van der Waals surface area contributed by atoms with E-state index in [2.05, 4.69) is 0 Å². The predicted octanol–water partition coefficient (Wildman–Crippen LogP) is 2.01. The van der Waals surface area contributed by atoms with Gasteiger partial charge in [0.15, 0.2) is 0 Å². The van der Waals surface area contributed by atoms with Crippen molar-refractivity contribution in [2.75, 3.05) is 13.2 Å². The van der Waals surface area contributed by atoms with Crippen LogP contribution in [0.1, 0.15) is 46.0 Å². The molecule has 1 rings (SSSR count). The quantitative estimate of drug-likeness (QED) is 0.571. The summed E-state index contributed by atoms with van der Waals surface area (Å²) in [6.45, 7) is 3.81. The standard InChI is InChI=1S/C15H24O6/c1-3-10(2)14(18)20-8-9-21-15(19)12-6-4-11(5-7-12)13(16)17/h10-12H,3-9H2,1-2H3,(H,16,17). The van der Waals surface area contributed by atoms with Crippen LogP contribution >= 0.6 is 0 Å². The molecule has 0 saturated heterocycles. The Labute approximate surface area is 124 Å². The molecule has 1 fully saturated rings. The largest absolute Gasteiger partial charge is 0.481 e. The molecule has 6 heteroatoms. The summed E-state index contributed by atoms with van der Waals surface area (Å²) in [5.74, 6) is -2.11. The maximum Gasteiger partial charge on any atom is 0.309 e. The first kappa shape index (κ1) is 17.5. The molecule has 0 bridgehead atoms. The summed E-state index contributed by atoms with van der Waals surface area (Å²) >= 11 is 0. The van der Waals surface area contributed by atoms with Crippen LogP contribution in [-0.4, -0.2) is 36.2 Å². The second kappa shape index (κ2) is 8.64. The van der Waals surface area contributed by atoms with Gasteiger partial charge < -0.3 is 14.6 Å². The number of hydrogen-bond donors (Lipinski definition) is 1. The maximum atomic E-state index is 11.8. The number of carboxylic acid groups (broad SMARTS) is 1. The van der Waals surface area contributed by atoms with Crippen LogP contribution < -0.4 is 0 Å². The number of ether oxygens (including phenoxy) is 2. The van der Waals surface area contributed by atoms with E-state index in [0.717, 1.165) is 0 Å². The summed E-state index contributed by atoms with van der Waals surface area (Å²) in [4.78, 5) is 34.0. The fraction of sp³-hybridized carbons (Fsp3) is 0.800. The monoisotopic (exact) mass is 300 g/mol. The van der Waals surface area contributed by atoms with Crippen LogP contribution in [0.15, 0.2) is 0 Å². The molecule has 120 valence electrons. The third kappa shape index (κ3) is 5.73. The fourth-order valence-electron chi connectivity index (χ4n) is 2.29. The van der Waals surface area contributed by atoms with Gasteiger partial charge in [0.05, 0.1) is 17.8 Å². The third-order valence-electron chi connectivity index (χ3n) is 4.00. The van der Waals surface area contributed by atoms with E-state index >= 15 is 0 Å². The van der Waals surface area contributed by atoms with Crippen molar-refractivity contribution in [3.05, 3.63) is 0 Å². The van der Waals surface area contributed by atoms with E-state index < -0.39 is 5.97 Å². The van der Waals surface area contributed by atoms with Crippen molar-refractivity contribution in [1.29, 1.82) is 0 Å². The van der Waals surface area contributed by atoms with Gasteiger partial charge in [0, 0.05) is 0 Å². The Hall–Kier alpha value is -1.59. The highest BCUT2D eigenvalue weighted by Crippen LogP contribution is 2.29. The zero-order chi connectivity index (χ0) is 15.8. The highest BCUT2D eigenvalue weighted by molar-refractivity contribution is 5.74. The van der Waals surface area contributed by atoms with Crippen LogP contribution in [-0.2, 0) is 23.9 Å². The molecule has 1 aliphatic carbocycles. The molecule has 1 atom stereocenters. The van der Waals surface area contributed by atoms with E-state index in [-0.39, 0.29) is 42.9 Å². The number of esters is 2. The van der Waals surface area contributed by atoms with Gasteiger partial charge in [-0.25, -0.2) is 0 Å². The lowest BCUT2D eigenvalue weighted by Gasteiger charge is -2.24. The molecule has 0 aromatic carbocycles. The van der Waals surface area contributed by atoms with E-state index in [9.17, 15) is 14.4 Å². The number of hydrogen-bond acceptors (Lipinski definition) is 5. The van der Waals surface area contributed by atoms with Crippen molar-refractivity contribution in [2.24, 2.45) is 17.8 Å². The lowest BCUT2D eigenvalue weighted by Crippen LogP contribution is -2.28. The molecule has 0 amide bonds. The van der Waals surface area contributed by atoms with Gasteiger partial charge in [-0.1, -0.05) is 13.8 Å². The Balaban J connectivity index is 2.17. The predicted molar refractivity (Wildman–Crippen MR) is 74.5 cm³/mol. The minimum Gasteiger partial charge on any atom is -0.481 e. The minimum absolute atomic E-state index is 0.0554. The van der Waals surface area contributed by atoms with Gasteiger partial charge >= 0.3 is 17.9 Å². The Morgan fingerprint density at radius 2 is 1.57 bits per heavy atom. The maximum absolute atomic E-state index is 11.8. The van der Waals surface area contributed by atoms with Gasteiger partial charge in [-0.15, -0.1) is 0 Å². The van der Waals surface area contributed by atoms with E-state index in [0.29, 0.717) is 32.1 Å². The van der Waals surface area contributed by atoms with Gasteiger partial charge in [0.2, 0.25) is 0 Å². The SMILES string of the molecule is CCC(C)C(=O)OCCOC(=O)C1CCC(C(=O)O)CC1. The molecule has 0 heterocycles. The van der Waals surface area contributed by atoms with Gasteiger partial charge in [-0.2, -0.15) is 0 Å². The zero-order valence-electron chi connectivity index (χ0n) is 12.7. The first-order valence-corrected chi connectivity index (χ1v) is 7.51. The van der Waals surface area contributed by atoms with Crippen LogP contribution in [0.5, 0.6) is 0 Å². The summed E-state index contributed by atoms with van der Waals surface area (Å²) in [5, 5.41) is 8.89. The molecule has 0 radical (unpaired) electrons. The van der Waals surface area contributed by atoms with E-state index in [1.165, 1.54) is 0 Å². The lowest BCUT2D eigenvalue weighted by atomic mass is 9.82. The fourth-order valence-corrected chi connectivity index (χ4v) is 2.29. The normalized spacial score (nSPS) is 23.1. The van der Waals surface area contributed by atoms with Gasteiger partial charge in [-0.3, -0.25) is 14.4 Å². The van der Waals surface area contributed by atoms with Gasteiger partial charge in [0.1, 0.15) is 13.2 Å². The van der Waals surface area contributed by atoms with Crippen LogP contribution in [0.3, 0.4) is 0 Å². The van der Waals surface area contributed by atoms with Crippen molar-refractivity contribution in [3.8, 4) is 0 Å². The summed E-state index contributed by atoms with van der Waals surface area (Å²) < 4.78 is 10.1. The average molecular weight is 300 g/mol. The molecule has 21 heavy (non-hydrogen) atoms. The molecule has 0 spiro atoms. The summed E-state index contributed by atoms with van der Waals surface area (Å²) in [6.07, 6.45) is 2.83. The van der Waals surface area contributed by atoms with E-state index in [1.54, 1.807) is 6.92 Å². The summed E-state index contributed by atoms with van der Waals surface area (Å²) in [5.41, 5.74) is 0. The highest BCUT2D eigenvalue weighted by Gasteiger charge is 2.30. The van der Waals surface area contributed by atoms with Crippen LogP contribution in [0, 0.1) is 17.8 Å². The average Bonchev–Trinajstić information content (AvgIpc) is 2.50. The summed E-state index contributed by atoms with van der Waals surface area (Å²) in [7, 11) is 0. The second-order valence-corrected chi connectivity index (χ2v) is 5.53. The first-order valence-electron chi connectivity index (χ1n) is 7.51. The smallest absolute Gasteiger partial charge is 0.309 e. The third-order valence-corrected chi connectivity index (χ3v) is 4.00. The Morgan fingerprint density at radius 3 is 2.10 bits per heavy atom. The van der Waals surface area contributed by atoms with Crippen LogP contribution in [0.2, 0.25) is 0 Å². The number of carboxylic acids is 1. The summed E-state index contributed by atoms with van der Waals surface area (Å²) in [6, 6.07) is 0. The highest BCUT2D eigenvalue weighted by atomic mass is 16.6. The Bertz CT molecular complexity index is 370. The minimum atomic E-state index is -0.793. The number of carbonyl (C=O) groups excluding carboxylic acids is 2.